The minimum atomic E-state index is -1.04. The van der Waals surface area contributed by atoms with Crippen molar-refractivity contribution in [2.75, 3.05) is 33.2 Å². The zero-order valence-electron chi connectivity index (χ0n) is 30.5. The summed E-state index contributed by atoms with van der Waals surface area (Å²) in [5, 5.41) is 10.8. The van der Waals surface area contributed by atoms with Crippen LogP contribution in [0.2, 0.25) is 0 Å². The SMILES string of the molecule is C=CCNC(=O)C(=O)C(CC1CC1)NC(=O)[C@@H]1[C@@H]2[C@H](CN1C(=O)[C@@H](NC(=O)N(C)[C@H](CN1C(=O)CNC1=O)C(C)(C)C)C(C)(C)C)C2(C)C. The number of hydrogen-bond acceptors (Lipinski definition) is 7. The number of amides is 8. The molecular weight excluding hydrogens is 630 g/mol. The summed E-state index contributed by atoms with van der Waals surface area (Å²) >= 11 is 0. The van der Waals surface area contributed by atoms with E-state index in [-0.39, 0.29) is 48.7 Å². The third kappa shape index (κ3) is 8.09. The van der Waals surface area contributed by atoms with Crippen molar-refractivity contribution < 1.29 is 33.6 Å². The Morgan fingerprint density at radius 1 is 1.04 bits per heavy atom. The second kappa shape index (κ2) is 13.7. The average molecular weight is 686 g/mol. The van der Waals surface area contributed by atoms with Crippen molar-refractivity contribution in [3.63, 3.8) is 0 Å². The van der Waals surface area contributed by atoms with Gasteiger partial charge in [0.15, 0.2) is 0 Å². The molecule has 2 saturated carbocycles. The molecule has 4 rings (SSSR count). The summed E-state index contributed by atoms with van der Waals surface area (Å²) in [6.45, 7) is 19.1. The van der Waals surface area contributed by atoms with E-state index < -0.39 is 70.6 Å². The van der Waals surface area contributed by atoms with E-state index in [0.717, 1.165) is 17.7 Å². The lowest BCUT2D eigenvalue weighted by molar-refractivity contribution is -0.145. The molecule has 0 aromatic rings. The number of likely N-dealkylation sites (tertiary alicyclic amines) is 1. The Kier molecular flexibility index (Phi) is 10.6. The van der Waals surface area contributed by atoms with Crippen molar-refractivity contribution in [3.05, 3.63) is 12.7 Å². The molecule has 4 fully saturated rings. The van der Waals surface area contributed by atoms with Gasteiger partial charge in [0.2, 0.25) is 23.5 Å². The van der Waals surface area contributed by atoms with Gasteiger partial charge in [-0.1, -0.05) is 74.3 Å². The molecule has 0 bridgehead atoms. The highest BCUT2D eigenvalue weighted by atomic mass is 16.2. The first-order chi connectivity index (χ1) is 22.6. The Balaban J connectivity index is 1.55. The smallest absolute Gasteiger partial charge is 0.324 e. The Bertz CT molecular complexity index is 1380. The first kappa shape index (κ1) is 37.8. The molecule has 2 heterocycles. The lowest BCUT2D eigenvalue weighted by atomic mass is 9.84. The largest absolute Gasteiger partial charge is 0.346 e. The lowest BCUT2D eigenvalue weighted by Crippen LogP contribution is -2.63. The number of nitrogens with one attached hydrogen (secondary N) is 4. The van der Waals surface area contributed by atoms with Crippen molar-refractivity contribution in [1.82, 2.24) is 36.0 Å². The van der Waals surface area contributed by atoms with Crippen LogP contribution >= 0.6 is 0 Å². The van der Waals surface area contributed by atoms with Crippen LogP contribution in [0.3, 0.4) is 0 Å². The van der Waals surface area contributed by atoms with Gasteiger partial charge in [-0.15, -0.1) is 6.58 Å². The van der Waals surface area contributed by atoms with E-state index in [1.54, 1.807) is 7.05 Å². The highest BCUT2D eigenvalue weighted by molar-refractivity contribution is 6.38. The van der Waals surface area contributed by atoms with Gasteiger partial charge in [0.1, 0.15) is 12.1 Å². The molecule has 0 aromatic heterocycles. The molecule has 0 radical (unpaired) electrons. The maximum atomic E-state index is 14.5. The topological polar surface area (TPSA) is 177 Å². The molecule has 6 atom stereocenters. The zero-order valence-corrected chi connectivity index (χ0v) is 30.5. The van der Waals surface area contributed by atoms with Crippen LogP contribution in [0.15, 0.2) is 12.7 Å². The fraction of sp³-hybridized carbons (Fsp3) is 0.743. The second-order valence-electron chi connectivity index (χ2n) is 16.9. The number of nitrogens with zero attached hydrogens (tertiary/aromatic N) is 3. The highest BCUT2D eigenvalue weighted by Crippen LogP contribution is 2.65. The maximum Gasteiger partial charge on any atom is 0.324 e. The molecule has 4 N–H and O–H groups in total. The number of fused-ring (bicyclic) bond motifs is 1. The van der Waals surface area contributed by atoms with Crippen LogP contribution in [-0.4, -0.2) is 114 Å². The summed E-state index contributed by atoms with van der Waals surface area (Å²) in [6.07, 6.45) is 3.64. The van der Waals surface area contributed by atoms with Crippen molar-refractivity contribution in [1.29, 1.82) is 0 Å². The number of hydrogen-bond donors (Lipinski definition) is 4. The van der Waals surface area contributed by atoms with Crippen LogP contribution in [0.5, 0.6) is 0 Å². The number of carbonyl (C=O) groups is 7. The number of urea groups is 2. The Labute approximate surface area is 289 Å². The van der Waals surface area contributed by atoms with Gasteiger partial charge in [0.25, 0.3) is 5.91 Å². The zero-order chi connectivity index (χ0) is 36.8. The fourth-order valence-electron chi connectivity index (χ4n) is 7.37. The van der Waals surface area contributed by atoms with Gasteiger partial charge in [-0.3, -0.25) is 28.9 Å². The number of ketones is 1. The molecule has 272 valence electrons. The molecule has 14 nitrogen and oxygen atoms in total. The van der Waals surface area contributed by atoms with Gasteiger partial charge in [-0.2, -0.15) is 0 Å². The first-order valence-corrected chi connectivity index (χ1v) is 17.3. The van der Waals surface area contributed by atoms with E-state index in [4.69, 9.17) is 0 Å². The van der Waals surface area contributed by atoms with Crippen LogP contribution < -0.4 is 21.3 Å². The number of piperidine rings is 1. The molecule has 0 spiro atoms. The summed E-state index contributed by atoms with van der Waals surface area (Å²) in [5.41, 5.74) is -1.53. The minimum Gasteiger partial charge on any atom is -0.346 e. The predicted octanol–water partition coefficient (Wildman–Crippen LogP) is 1.65. The normalized spacial score (nSPS) is 24.6. The van der Waals surface area contributed by atoms with Gasteiger partial charge in [0.05, 0.1) is 25.2 Å². The van der Waals surface area contributed by atoms with E-state index in [9.17, 15) is 33.6 Å². The molecule has 1 unspecified atom stereocenters. The van der Waals surface area contributed by atoms with Crippen molar-refractivity contribution in [3.8, 4) is 0 Å². The summed E-state index contributed by atoms with van der Waals surface area (Å²) in [6, 6.07) is -4.61. The van der Waals surface area contributed by atoms with Gasteiger partial charge < -0.3 is 31.1 Å². The summed E-state index contributed by atoms with van der Waals surface area (Å²) < 4.78 is 0. The fourth-order valence-corrected chi connectivity index (χ4v) is 7.37. The van der Waals surface area contributed by atoms with Gasteiger partial charge in [-0.25, -0.2) is 9.59 Å². The summed E-state index contributed by atoms with van der Waals surface area (Å²) in [4.78, 5) is 96.9. The molecule has 0 aromatic carbocycles. The van der Waals surface area contributed by atoms with Crippen LogP contribution in [0, 0.1) is 34.0 Å². The monoisotopic (exact) mass is 685 g/mol. The molecular formula is C35H55N7O7. The highest BCUT2D eigenvalue weighted by Gasteiger charge is 2.70. The average Bonchev–Trinajstić information content (AvgIpc) is 3.80. The van der Waals surface area contributed by atoms with Crippen LogP contribution in [0.1, 0.15) is 74.7 Å². The van der Waals surface area contributed by atoms with E-state index >= 15 is 0 Å². The second-order valence-corrected chi connectivity index (χ2v) is 16.9. The molecule has 2 saturated heterocycles. The minimum absolute atomic E-state index is 0.0224. The van der Waals surface area contributed by atoms with Gasteiger partial charge >= 0.3 is 12.1 Å². The molecule has 2 aliphatic carbocycles. The molecule has 2 aliphatic heterocycles. The van der Waals surface area contributed by atoms with Crippen LogP contribution in [0.4, 0.5) is 9.59 Å². The number of likely N-dealkylation sites (N-methyl/N-ethyl adjacent to an activating group) is 1. The first-order valence-electron chi connectivity index (χ1n) is 17.3. The van der Waals surface area contributed by atoms with Gasteiger partial charge in [0, 0.05) is 20.1 Å². The number of imide groups is 1. The molecule has 49 heavy (non-hydrogen) atoms. The molecule has 8 amide bonds. The van der Waals surface area contributed by atoms with E-state index in [2.05, 4.69) is 41.7 Å². The van der Waals surface area contributed by atoms with Crippen LogP contribution in [0.25, 0.3) is 0 Å². The summed E-state index contributed by atoms with van der Waals surface area (Å²) in [5.74, 6) is -2.68. The summed E-state index contributed by atoms with van der Waals surface area (Å²) in [7, 11) is 1.57. The van der Waals surface area contributed by atoms with E-state index in [1.807, 2.05) is 41.5 Å². The van der Waals surface area contributed by atoms with Gasteiger partial charge in [-0.05, 0) is 40.4 Å². The Morgan fingerprint density at radius 3 is 2.18 bits per heavy atom. The Hall–Kier alpha value is -3.97. The third-order valence-electron chi connectivity index (χ3n) is 10.8. The number of Topliss-reactive ketones (excluding diaryl/α,β-unsaturated/α-hetero) is 1. The lowest BCUT2D eigenvalue weighted by Gasteiger charge is -2.42. The van der Waals surface area contributed by atoms with Crippen molar-refractivity contribution in [2.24, 2.45) is 34.0 Å². The Morgan fingerprint density at radius 2 is 1.67 bits per heavy atom. The predicted molar refractivity (Wildman–Crippen MR) is 182 cm³/mol. The third-order valence-corrected chi connectivity index (χ3v) is 10.8. The quantitative estimate of drug-likeness (QED) is 0.129. The van der Waals surface area contributed by atoms with Crippen molar-refractivity contribution in [2.45, 2.75) is 98.8 Å². The number of rotatable bonds is 13. The van der Waals surface area contributed by atoms with E-state index in [0.29, 0.717) is 13.0 Å². The standard InChI is InChI=1S/C35H55N7O7/c1-11-14-36-29(46)26(44)21(15-19-12-13-19)38-28(45)25-24-20(35(24,8)9)17-42(25)30(47)27(34(5,6)7)39-32(49)40(10)22(33(2,3)4)18-41-23(43)16-37-31(41)48/h11,19-22,24-25,27H,1,12-18H2,2-10H3,(H,36,46)(H,37,48)(H,38,45)(H,39,49)/t20-,21?,22+,24-,25-,27+/m0/s1. The van der Waals surface area contributed by atoms with E-state index in [1.165, 1.54) is 15.9 Å². The maximum absolute atomic E-state index is 14.5. The van der Waals surface area contributed by atoms with Crippen LogP contribution in [-0.2, 0) is 24.0 Å². The van der Waals surface area contributed by atoms with Crippen molar-refractivity contribution >= 4 is 41.5 Å². The molecule has 14 heteroatoms. The number of carbonyl (C=O) groups excluding carboxylic acids is 7. The molecule has 4 aliphatic rings.